The van der Waals surface area contributed by atoms with Crippen molar-refractivity contribution in [2.75, 3.05) is 6.54 Å². The zero-order valence-electron chi connectivity index (χ0n) is 10.8. The van der Waals surface area contributed by atoms with Crippen LogP contribution in [0.3, 0.4) is 0 Å². The number of carboxylic acids is 1. The Morgan fingerprint density at radius 2 is 1.95 bits per heavy atom. The molecule has 8 nitrogen and oxygen atoms in total. The maximum atomic E-state index is 12.5. The van der Waals surface area contributed by atoms with E-state index < -0.39 is 44.2 Å². The molecule has 114 valence electrons. The van der Waals surface area contributed by atoms with Gasteiger partial charge in [0.05, 0.1) is 5.56 Å². The second-order valence-electron chi connectivity index (χ2n) is 4.43. The molecule has 0 radical (unpaired) electrons. The van der Waals surface area contributed by atoms with E-state index in [1.54, 1.807) is 18.2 Å². The average molecular weight is 340 g/mol. The van der Waals surface area contributed by atoms with E-state index in [4.69, 9.17) is 0 Å². The number of thiophene rings is 1. The number of hydrogen-bond donors (Lipinski definition) is 2. The van der Waals surface area contributed by atoms with Gasteiger partial charge < -0.3 is 5.11 Å². The third-order valence-corrected chi connectivity index (χ3v) is 6.46. The van der Waals surface area contributed by atoms with Crippen LogP contribution in [0.15, 0.2) is 28.5 Å². The largest absolute Gasteiger partial charge is 0.478 e. The molecule has 1 fully saturated rings. The molecule has 22 heavy (non-hydrogen) atoms. The van der Waals surface area contributed by atoms with Crippen LogP contribution >= 0.6 is 11.3 Å². The molecule has 0 aliphatic carbocycles. The summed E-state index contributed by atoms with van der Waals surface area (Å²) < 4.78 is 25.4. The predicted octanol–water partition coefficient (Wildman–Crippen LogP) is 0.840. The van der Waals surface area contributed by atoms with E-state index in [1.807, 2.05) is 5.32 Å². The highest BCUT2D eigenvalue weighted by atomic mass is 32.2. The summed E-state index contributed by atoms with van der Waals surface area (Å²) in [7, 11) is -4.42. The van der Waals surface area contributed by atoms with Crippen molar-refractivity contribution in [1.82, 2.24) is 9.62 Å². The van der Waals surface area contributed by atoms with Crippen LogP contribution in [-0.2, 0) is 14.8 Å². The molecule has 1 aromatic heterocycles. The summed E-state index contributed by atoms with van der Waals surface area (Å²) in [5.74, 6) is -2.17. The van der Waals surface area contributed by atoms with Crippen molar-refractivity contribution in [3.63, 3.8) is 0 Å². The highest BCUT2D eigenvalue weighted by Crippen LogP contribution is 2.36. The number of aromatic carboxylic acids is 1. The van der Waals surface area contributed by atoms with E-state index >= 15 is 0 Å². The monoisotopic (exact) mass is 340 g/mol. The quantitative estimate of drug-likeness (QED) is 0.799. The Balaban J connectivity index is 2.25. The van der Waals surface area contributed by atoms with E-state index in [9.17, 15) is 27.9 Å². The number of fused-ring (bicyclic) bond motifs is 1. The van der Waals surface area contributed by atoms with Crippen molar-refractivity contribution in [3.05, 3.63) is 29.8 Å². The van der Waals surface area contributed by atoms with E-state index in [0.29, 0.717) is 9.01 Å². The number of amides is 3. The minimum Gasteiger partial charge on any atom is -0.478 e. The Morgan fingerprint density at radius 1 is 1.27 bits per heavy atom. The lowest BCUT2D eigenvalue weighted by Gasteiger charge is -2.12. The van der Waals surface area contributed by atoms with Crippen LogP contribution in [0.5, 0.6) is 0 Å². The Kier molecular flexibility index (Phi) is 3.15. The number of urea groups is 1. The van der Waals surface area contributed by atoms with Crippen molar-refractivity contribution >= 4 is 49.4 Å². The fourth-order valence-corrected chi connectivity index (χ4v) is 5.22. The smallest absolute Gasteiger partial charge is 0.338 e. The molecule has 3 rings (SSSR count). The van der Waals surface area contributed by atoms with E-state index in [-0.39, 0.29) is 5.39 Å². The van der Waals surface area contributed by atoms with Gasteiger partial charge in [-0.15, -0.1) is 11.3 Å². The van der Waals surface area contributed by atoms with Crippen LogP contribution < -0.4 is 5.32 Å². The molecule has 10 heteroatoms. The summed E-state index contributed by atoms with van der Waals surface area (Å²) >= 11 is 0.748. The molecule has 1 saturated heterocycles. The first-order valence-electron chi connectivity index (χ1n) is 5.93. The number of benzene rings is 1. The molecule has 1 aromatic carbocycles. The van der Waals surface area contributed by atoms with Crippen LogP contribution in [0.4, 0.5) is 4.79 Å². The third kappa shape index (κ3) is 2.04. The third-order valence-electron chi connectivity index (χ3n) is 3.06. The Morgan fingerprint density at radius 3 is 2.55 bits per heavy atom. The van der Waals surface area contributed by atoms with Gasteiger partial charge in [0.25, 0.3) is 10.0 Å². The van der Waals surface area contributed by atoms with Gasteiger partial charge in [-0.05, 0) is 6.07 Å². The first-order valence-corrected chi connectivity index (χ1v) is 8.19. The summed E-state index contributed by atoms with van der Waals surface area (Å²) in [5.41, 5.74) is -0.396. The number of nitrogens with one attached hydrogen (secondary N) is 1. The molecule has 2 aromatic rings. The molecule has 0 spiro atoms. The number of carboxylic acid groups (broad SMARTS) is 1. The molecule has 0 atom stereocenters. The summed E-state index contributed by atoms with van der Waals surface area (Å²) in [6.07, 6.45) is 0. The van der Waals surface area contributed by atoms with E-state index in [1.165, 1.54) is 6.07 Å². The van der Waals surface area contributed by atoms with Gasteiger partial charge in [0.2, 0.25) is 5.91 Å². The number of rotatable bonds is 3. The van der Waals surface area contributed by atoms with Crippen molar-refractivity contribution in [3.8, 4) is 0 Å². The highest BCUT2D eigenvalue weighted by Gasteiger charge is 2.40. The van der Waals surface area contributed by atoms with E-state index in [0.717, 1.165) is 11.3 Å². The fourth-order valence-electron chi connectivity index (χ4n) is 2.12. The number of carbonyl (C=O) groups is 3. The molecule has 0 unspecified atom stereocenters. The van der Waals surface area contributed by atoms with Crippen LogP contribution in [0.2, 0.25) is 0 Å². The lowest BCUT2D eigenvalue weighted by atomic mass is 10.2. The zero-order chi connectivity index (χ0) is 16.1. The highest BCUT2D eigenvalue weighted by molar-refractivity contribution is 7.92. The normalized spacial score (nSPS) is 15.4. The van der Waals surface area contributed by atoms with Crippen molar-refractivity contribution < 1.29 is 27.9 Å². The van der Waals surface area contributed by atoms with Crippen LogP contribution in [-0.4, -0.2) is 42.3 Å². The van der Waals surface area contributed by atoms with Gasteiger partial charge in [-0.2, -0.15) is 8.42 Å². The predicted molar refractivity (Wildman–Crippen MR) is 76.2 cm³/mol. The van der Waals surface area contributed by atoms with Gasteiger partial charge in [-0.25, -0.2) is 13.9 Å². The van der Waals surface area contributed by atoms with Gasteiger partial charge in [-0.1, -0.05) is 18.2 Å². The standard InChI is InChI=1S/C12H8N2O6S2/c15-8-5-14(12(18)13-8)22(19,20)11-9(10(16)17)6-3-1-2-4-7(6)21-11/h1-4H,5H2,(H,16,17)(H,13,15,18). The molecule has 2 N–H and O–H groups in total. The Labute approximate surface area is 128 Å². The molecule has 1 aliphatic rings. The maximum absolute atomic E-state index is 12.5. The number of sulfonamides is 1. The van der Waals surface area contributed by atoms with Crippen molar-refractivity contribution in [2.45, 2.75) is 4.21 Å². The van der Waals surface area contributed by atoms with Gasteiger partial charge >= 0.3 is 12.0 Å². The van der Waals surface area contributed by atoms with Crippen LogP contribution in [0.1, 0.15) is 10.4 Å². The SMILES string of the molecule is O=C1CN(S(=O)(=O)c2sc3ccccc3c2C(=O)O)C(=O)N1. The molecule has 0 saturated carbocycles. The van der Waals surface area contributed by atoms with Crippen molar-refractivity contribution in [1.29, 1.82) is 0 Å². The number of imide groups is 1. The minimum absolute atomic E-state index is 0.268. The number of carbonyl (C=O) groups excluding carboxylic acids is 2. The molecular formula is C12H8N2O6S2. The number of nitrogens with zero attached hydrogens (tertiary/aromatic N) is 1. The van der Waals surface area contributed by atoms with Crippen molar-refractivity contribution in [2.24, 2.45) is 0 Å². The Bertz CT molecular complexity index is 930. The summed E-state index contributed by atoms with van der Waals surface area (Å²) in [6, 6.07) is 5.22. The van der Waals surface area contributed by atoms with Crippen LogP contribution in [0.25, 0.3) is 10.1 Å². The second-order valence-corrected chi connectivity index (χ2v) is 7.54. The minimum atomic E-state index is -4.42. The maximum Gasteiger partial charge on any atom is 0.338 e. The summed E-state index contributed by atoms with van der Waals surface area (Å²) in [4.78, 5) is 34.2. The number of hydrogen-bond acceptors (Lipinski definition) is 6. The van der Waals surface area contributed by atoms with Gasteiger partial charge in [0.1, 0.15) is 6.54 Å². The lowest BCUT2D eigenvalue weighted by Crippen LogP contribution is -2.34. The molecule has 1 aliphatic heterocycles. The molecule has 0 bridgehead atoms. The van der Waals surface area contributed by atoms with Crippen LogP contribution in [0, 0.1) is 0 Å². The molecule has 2 heterocycles. The first-order chi connectivity index (χ1) is 10.3. The first kappa shape index (κ1) is 14.5. The lowest BCUT2D eigenvalue weighted by molar-refractivity contribution is -0.118. The van der Waals surface area contributed by atoms with Gasteiger partial charge in [0.15, 0.2) is 4.21 Å². The summed E-state index contributed by atoms with van der Waals surface area (Å²) in [6.45, 7) is -0.658. The second kappa shape index (κ2) is 4.78. The van der Waals surface area contributed by atoms with Gasteiger partial charge in [0, 0.05) is 10.1 Å². The zero-order valence-corrected chi connectivity index (χ0v) is 12.4. The topological polar surface area (TPSA) is 121 Å². The average Bonchev–Trinajstić information content (AvgIpc) is 2.99. The Hall–Kier alpha value is -2.46. The molecular weight excluding hydrogens is 332 g/mol. The summed E-state index contributed by atoms with van der Waals surface area (Å²) in [5, 5.41) is 11.5. The van der Waals surface area contributed by atoms with E-state index in [2.05, 4.69) is 0 Å². The molecule has 3 amide bonds. The fraction of sp³-hybridized carbons (Fsp3) is 0.0833. The van der Waals surface area contributed by atoms with Gasteiger partial charge in [-0.3, -0.25) is 10.1 Å².